The topological polar surface area (TPSA) is 56.2 Å². The molecular formula is C24H16Cl5N3O2. The number of nitrogens with zero attached hydrogens (tertiary/aromatic N) is 2. The molecule has 10 heteroatoms. The molecule has 4 aromatic rings. The minimum atomic E-state index is -0.314. The average molecular weight is 556 g/mol. The van der Waals surface area contributed by atoms with Crippen LogP contribution in [-0.2, 0) is 13.2 Å². The van der Waals surface area contributed by atoms with Crippen molar-refractivity contribution >= 4 is 69.7 Å². The van der Waals surface area contributed by atoms with E-state index in [0.717, 1.165) is 11.1 Å². The molecule has 174 valence electrons. The van der Waals surface area contributed by atoms with Crippen LogP contribution in [0.3, 0.4) is 0 Å². The molecule has 3 aromatic carbocycles. The van der Waals surface area contributed by atoms with Gasteiger partial charge in [-0.3, -0.25) is 9.48 Å². The highest BCUT2D eigenvalue weighted by Gasteiger charge is 2.13. The highest BCUT2D eigenvalue weighted by Crippen LogP contribution is 2.36. The molecule has 0 saturated carbocycles. The van der Waals surface area contributed by atoms with Crippen molar-refractivity contribution in [1.82, 2.24) is 9.78 Å². The number of hydrogen-bond acceptors (Lipinski definition) is 3. The zero-order chi connectivity index (χ0) is 24.2. The summed E-state index contributed by atoms with van der Waals surface area (Å²) in [6.45, 7) is 0.534. The lowest BCUT2D eigenvalue weighted by molar-refractivity contribution is 0.102. The molecule has 0 bridgehead atoms. The third kappa shape index (κ3) is 5.98. The quantitative estimate of drug-likeness (QED) is 0.251. The standard InChI is InChI=1S/C24H16Cl5N3O2/c25-16-10-20(28)23(21(29)11-16)34-13-14-3-1-4-15(9-14)24(33)30-22-7-8-32(31-22)12-17-18(26)5-2-6-19(17)27/h1-11H,12-13H2,(H,30,31,33). The number of rotatable bonds is 7. The van der Waals surface area contributed by atoms with E-state index in [2.05, 4.69) is 10.4 Å². The molecule has 5 nitrogen and oxygen atoms in total. The number of benzene rings is 3. The number of amides is 1. The van der Waals surface area contributed by atoms with E-state index in [4.69, 9.17) is 62.7 Å². The van der Waals surface area contributed by atoms with Crippen molar-refractivity contribution in [3.05, 3.63) is 109 Å². The van der Waals surface area contributed by atoms with E-state index < -0.39 is 0 Å². The fourth-order valence-corrected chi connectivity index (χ4v) is 4.62. The molecule has 0 spiro atoms. The number of anilines is 1. The van der Waals surface area contributed by atoms with Gasteiger partial charge in [-0.1, -0.05) is 76.2 Å². The minimum Gasteiger partial charge on any atom is -0.486 e. The highest BCUT2D eigenvalue weighted by atomic mass is 35.5. The second-order valence-corrected chi connectivity index (χ2v) is 9.31. The van der Waals surface area contributed by atoms with Crippen LogP contribution in [0.25, 0.3) is 0 Å². The Morgan fingerprint density at radius 1 is 0.882 bits per heavy atom. The first-order valence-corrected chi connectivity index (χ1v) is 11.8. The molecule has 0 atom stereocenters. The summed E-state index contributed by atoms with van der Waals surface area (Å²) in [5.74, 6) is 0.409. The summed E-state index contributed by atoms with van der Waals surface area (Å²) in [5.41, 5.74) is 1.95. The summed E-state index contributed by atoms with van der Waals surface area (Å²) in [6, 6.07) is 17.1. The van der Waals surface area contributed by atoms with Crippen molar-refractivity contribution in [3.8, 4) is 5.75 Å². The first-order valence-electron chi connectivity index (χ1n) is 9.94. The van der Waals surface area contributed by atoms with Crippen molar-refractivity contribution < 1.29 is 9.53 Å². The zero-order valence-corrected chi connectivity index (χ0v) is 21.1. The van der Waals surface area contributed by atoms with E-state index in [-0.39, 0.29) is 12.5 Å². The first kappa shape index (κ1) is 24.7. The summed E-state index contributed by atoms with van der Waals surface area (Å²) in [5, 5.41) is 9.29. The maximum absolute atomic E-state index is 12.8. The Labute approximate surface area is 221 Å². The van der Waals surface area contributed by atoms with Gasteiger partial charge in [0.1, 0.15) is 6.61 Å². The average Bonchev–Trinajstić information content (AvgIpc) is 3.22. The Morgan fingerprint density at radius 2 is 1.56 bits per heavy atom. The fraction of sp³-hybridized carbons (Fsp3) is 0.0833. The summed E-state index contributed by atoms with van der Waals surface area (Å²) in [4.78, 5) is 12.8. The highest BCUT2D eigenvalue weighted by molar-refractivity contribution is 6.40. The van der Waals surface area contributed by atoms with Gasteiger partial charge in [-0.25, -0.2) is 0 Å². The normalized spacial score (nSPS) is 10.9. The fourth-order valence-electron chi connectivity index (χ4n) is 3.17. The second kappa shape index (κ2) is 10.9. The number of nitrogens with one attached hydrogen (secondary N) is 1. The lowest BCUT2D eigenvalue weighted by Gasteiger charge is -2.11. The number of halogens is 5. The van der Waals surface area contributed by atoms with Gasteiger partial charge in [0.05, 0.1) is 16.6 Å². The summed E-state index contributed by atoms with van der Waals surface area (Å²) in [6.07, 6.45) is 1.74. The van der Waals surface area contributed by atoms with Gasteiger partial charge in [-0.05, 0) is 42.0 Å². The Morgan fingerprint density at radius 3 is 2.26 bits per heavy atom. The lowest BCUT2D eigenvalue weighted by Crippen LogP contribution is -2.13. The zero-order valence-electron chi connectivity index (χ0n) is 17.4. The molecule has 1 N–H and O–H groups in total. The summed E-state index contributed by atoms with van der Waals surface area (Å²) < 4.78 is 7.39. The molecule has 0 aliphatic carbocycles. The molecule has 34 heavy (non-hydrogen) atoms. The van der Waals surface area contributed by atoms with Gasteiger partial charge in [0.25, 0.3) is 5.91 Å². The first-order chi connectivity index (χ1) is 16.3. The van der Waals surface area contributed by atoms with E-state index in [1.807, 2.05) is 6.07 Å². The van der Waals surface area contributed by atoms with Gasteiger partial charge < -0.3 is 10.1 Å². The monoisotopic (exact) mass is 553 g/mol. The minimum absolute atomic E-state index is 0.162. The predicted molar refractivity (Wildman–Crippen MR) is 138 cm³/mol. The van der Waals surface area contributed by atoms with E-state index in [9.17, 15) is 4.79 Å². The summed E-state index contributed by atoms with van der Waals surface area (Å²) >= 11 is 30.7. The maximum Gasteiger partial charge on any atom is 0.256 e. The Balaban J connectivity index is 1.41. The smallest absolute Gasteiger partial charge is 0.256 e. The third-order valence-corrected chi connectivity index (χ3v) is 6.29. The maximum atomic E-state index is 12.8. The molecule has 0 aliphatic heterocycles. The van der Waals surface area contributed by atoms with Crippen molar-refractivity contribution in [3.63, 3.8) is 0 Å². The van der Waals surface area contributed by atoms with E-state index >= 15 is 0 Å². The Bertz CT molecular complexity index is 1310. The van der Waals surface area contributed by atoms with Crippen LogP contribution in [0, 0.1) is 0 Å². The molecule has 1 amide bonds. The van der Waals surface area contributed by atoms with Gasteiger partial charge in [0.15, 0.2) is 11.6 Å². The second-order valence-electron chi connectivity index (χ2n) is 7.24. The molecule has 0 radical (unpaired) electrons. The van der Waals surface area contributed by atoms with E-state index in [0.29, 0.717) is 48.8 Å². The van der Waals surface area contributed by atoms with Gasteiger partial charge in [0, 0.05) is 38.5 Å². The van der Waals surface area contributed by atoms with E-state index in [1.165, 1.54) is 0 Å². The molecule has 1 heterocycles. The van der Waals surface area contributed by atoms with Gasteiger partial charge in [0.2, 0.25) is 0 Å². The van der Waals surface area contributed by atoms with Crippen LogP contribution in [0.15, 0.2) is 66.9 Å². The Kier molecular flexibility index (Phi) is 7.91. The third-order valence-electron chi connectivity index (χ3n) is 4.80. The number of hydrogen-bond donors (Lipinski definition) is 1. The van der Waals surface area contributed by atoms with Crippen LogP contribution in [0.2, 0.25) is 25.1 Å². The predicted octanol–water partition coefficient (Wildman–Crippen LogP) is 8.03. The van der Waals surface area contributed by atoms with E-state index in [1.54, 1.807) is 65.5 Å². The lowest BCUT2D eigenvalue weighted by atomic mass is 10.1. The SMILES string of the molecule is O=C(Nc1ccn(Cc2c(Cl)cccc2Cl)n1)c1cccc(COc2c(Cl)cc(Cl)cc2Cl)c1. The summed E-state index contributed by atoms with van der Waals surface area (Å²) in [7, 11) is 0. The number of carbonyl (C=O) groups excluding carboxylic acids is 1. The van der Waals surface area contributed by atoms with Crippen LogP contribution in [-0.4, -0.2) is 15.7 Å². The number of ether oxygens (including phenoxy) is 1. The van der Waals surface area contributed by atoms with Crippen molar-refractivity contribution in [2.75, 3.05) is 5.32 Å². The van der Waals surface area contributed by atoms with Gasteiger partial charge in [-0.15, -0.1) is 0 Å². The van der Waals surface area contributed by atoms with Crippen LogP contribution in [0.4, 0.5) is 5.82 Å². The van der Waals surface area contributed by atoms with Gasteiger partial charge >= 0.3 is 0 Å². The van der Waals surface area contributed by atoms with Gasteiger partial charge in [-0.2, -0.15) is 5.10 Å². The molecule has 0 unspecified atom stereocenters. The van der Waals surface area contributed by atoms with Crippen LogP contribution >= 0.6 is 58.0 Å². The molecule has 0 saturated heterocycles. The largest absolute Gasteiger partial charge is 0.486 e. The van der Waals surface area contributed by atoms with Crippen molar-refractivity contribution in [1.29, 1.82) is 0 Å². The molecule has 1 aromatic heterocycles. The van der Waals surface area contributed by atoms with Crippen LogP contribution in [0.5, 0.6) is 5.75 Å². The Hall–Kier alpha value is -2.41. The van der Waals surface area contributed by atoms with Crippen molar-refractivity contribution in [2.24, 2.45) is 0 Å². The van der Waals surface area contributed by atoms with Crippen LogP contribution in [0.1, 0.15) is 21.5 Å². The molecule has 4 rings (SSSR count). The van der Waals surface area contributed by atoms with Crippen LogP contribution < -0.4 is 10.1 Å². The molecule has 0 aliphatic rings. The number of carbonyl (C=O) groups is 1. The molecule has 0 fully saturated rings. The van der Waals surface area contributed by atoms with Crippen molar-refractivity contribution in [2.45, 2.75) is 13.2 Å². The number of aromatic nitrogens is 2. The molecular weight excluding hydrogens is 540 g/mol.